The molecule has 0 bridgehead atoms. The molecule has 1 fully saturated rings. The van der Waals surface area contributed by atoms with E-state index < -0.39 is 0 Å². The molecule has 2 N–H and O–H groups in total. The number of nitrogens with one attached hydrogen (secondary N) is 2. The van der Waals surface area contributed by atoms with Gasteiger partial charge in [0.2, 0.25) is 5.91 Å². The van der Waals surface area contributed by atoms with Crippen molar-refractivity contribution in [3.05, 3.63) is 71.9 Å². The summed E-state index contributed by atoms with van der Waals surface area (Å²) in [6, 6.07) is 18.8. The van der Waals surface area contributed by atoms with Crippen LogP contribution in [0.3, 0.4) is 0 Å². The number of amides is 2. The second kappa shape index (κ2) is 7.91. The lowest BCUT2D eigenvalue weighted by molar-refractivity contribution is -0.117. The van der Waals surface area contributed by atoms with E-state index in [1.807, 2.05) is 54.6 Å². The van der Waals surface area contributed by atoms with Crippen LogP contribution in [-0.2, 0) is 4.79 Å². The number of hydrogen-bond acceptors (Lipinski definition) is 3. The highest BCUT2D eigenvalue weighted by Crippen LogP contribution is 2.30. The minimum absolute atomic E-state index is 0.0293. The monoisotopic (exact) mass is 388 g/mol. The zero-order valence-electron chi connectivity index (χ0n) is 16.6. The molecule has 1 saturated carbocycles. The van der Waals surface area contributed by atoms with Crippen molar-refractivity contribution in [1.82, 2.24) is 9.78 Å². The van der Waals surface area contributed by atoms with Crippen molar-refractivity contribution < 1.29 is 9.59 Å². The van der Waals surface area contributed by atoms with E-state index in [2.05, 4.69) is 29.6 Å². The molecular formula is C23H24N4O2. The summed E-state index contributed by atoms with van der Waals surface area (Å²) in [5, 5.41) is 10.2. The predicted molar refractivity (Wildman–Crippen MR) is 113 cm³/mol. The predicted octanol–water partition coefficient (Wildman–Crippen LogP) is 4.60. The summed E-state index contributed by atoms with van der Waals surface area (Å²) in [6.45, 7) is 4.25. The van der Waals surface area contributed by atoms with Gasteiger partial charge in [-0.1, -0.05) is 44.2 Å². The van der Waals surface area contributed by atoms with E-state index in [0.29, 0.717) is 17.4 Å². The van der Waals surface area contributed by atoms with Crippen molar-refractivity contribution in [3.63, 3.8) is 0 Å². The fourth-order valence-corrected chi connectivity index (χ4v) is 3.07. The Kier molecular flexibility index (Phi) is 5.16. The molecule has 2 aromatic carbocycles. The van der Waals surface area contributed by atoms with Gasteiger partial charge in [0.1, 0.15) is 5.82 Å². The Morgan fingerprint density at radius 3 is 2.31 bits per heavy atom. The Morgan fingerprint density at radius 2 is 1.69 bits per heavy atom. The highest BCUT2D eigenvalue weighted by atomic mass is 16.2. The van der Waals surface area contributed by atoms with Crippen molar-refractivity contribution in [2.24, 2.45) is 5.92 Å². The van der Waals surface area contributed by atoms with E-state index in [-0.39, 0.29) is 23.4 Å². The van der Waals surface area contributed by atoms with E-state index in [9.17, 15) is 9.59 Å². The standard InChI is InChI=1S/C23H24N4O2/c1-15(2)16-10-12-18(13-11-16)24-23(29)20-14-21(25-22(28)17-8-9-17)27(26-20)19-6-4-3-5-7-19/h3-7,10-15,17H,8-9H2,1-2H3,(H,24,29)(H,25,28). The molecule has 1 aliphatic rings. The molecule has 2 amide bonds. The summed E-state index contributed by atoms with van der Waals surface area (Å²) in [5.74, 6) is 0.635. The Hall–Kier alpha value is -3.41. The fraction of sp³-hybridized carbons (Fsp3) is 0.261. The Balaban J connectivity index is 1.58. The number of para-hydroxylation sites is 1. The van der Waals surface area contributed by atoms with Crippen LogP contribution in [0.15, 0.2) is 60.7 Å². The minimum Gasteiger partial charge on any atom is -0.321 e. The highest BCUT2D eigenvalue weighted by molar-refractivity contribution is 6.04. The molecule has 148 valence electrons. The van der Waals surface area contributed by atoms with Crippen LogP contribution < -0.4 is 10.6 Å². The van der Waals surface area contributed by atoms with Gasteiger partial charge in [0.25, 0.3) is 5.91 Å². The van der Waals surface area contributed by atoms with Crippen molar-refractivity contribution in [2.45, 2.75) is 32.6 Å². The molecule has 0 spiro atoms. The molecule has 0 aliphatic heterocycles. The molecule has 4 rings (SSSR count). The van der Waals surface area contributed by atoms with Gasteiger partial charge in [-0.15, -0.1) is 0 Å². The van der Waals surface area contributed by atoms with Crippen molar-refractivity contribution in [2.75, 3.05) is 10.6 Å². The topological polar surface area (TPSA) is 76.0 Å². The first kappa shape index (κ1) is 18.9. The molecule has 1 aromatic heterocycles. The average Bonchev–Trinajstić information content (AvgIpc) is 3.50. The van der Waals surface area contributed by atoms with Gasteiger partial charge < -0.3 is 10.6 Å². The van der Waals surface area contributed by atoms with Crippen LogP contribution in [0.2, 0.25) is 0 Å². The summed E-state index contributed by atoms with van der Waals surface area (Å²) in [6.07, 6.45) is 1.82. The van der Waals surface area contributed by atoms with Crippen molar-refractivity contribution in [3.8, 4) is 5.69 Å². The third kappa shape index (κ3) is 4.37. The number of anilines is 2. The Morgan fingerprint density at radius 1 is 1.00 bits per heavy atom. The van der Waals surface area contributed by atoms with E-state index in [0.717, 1.165) is 18.5 Å². The molecule has 1 heterocycles. The second-order valence-electron chi connectivity index (χ2n) is 7.66. The molecule has 0 atom stereocenters. The summed E-state index contributed by atoms with van der Waals surface area (Å²) < 4.78 is 1.59. The summed E-state index contributed by atoms with van der Waals surface area (Å²) in [4.78, 5) is 25.0. The lowest BCUT2D eigenvalue weighted by atomic mass is 10.0. The van der Waals surface area contributed by atoms with Gasteiger partial charge in [-0.05, 0) is 48.6 Å². The van der Waals surface area contributed by atoms with Crippen molar-refractivity contribution >= 4 is 23.3 Å². The summed E-state index contributed by atoms with van der Waals surface area (Å²) in [5.41, 5.74) is 2.94. The number of benzene rings is 2. The SMILES string of the molecule is CC(C)c1ccc(NC(=O)c2cc(NC(=O)C3CC3)n(-c3ccccc3)n2)cc1. The first-order chi connectivity index (χ1) is 14.0. The lowest BCUT2D eigenvalue weighted by Gasteiger charge is -2.08. The molecule has 0 unspecified atom stereocenters. The first-order valence-corrected chi connectivity index (χ1v) is 9.89. The van der Waals surface area contributed by atoms with Crippen LogP contribution in [0, 0.1) is 5.92 Å². The van der Waals surface area contributed by atoms with E-state index in [4.69, 9.17) is 0 Å². The molecule has 0 saturated heterocycles. The number of nitrogens with zero attached hydrogens (tertiary/aromatic N) is 2. The maximum Gasteiger partial charge on any atom is 0.276 e. The molecule has 6 nitrogen and oxygen atoms in total. The van der Waals surface area contributed by atoms with Gasteiger partial charge in [-0.25, -0.2) is 4.68 Å². The largest absolute Gasteiger partial charge is 0.321 e. The molecule has 29 heavy (non-hydrogen) atoms. The highest BCUT2D eigenvalue weighted by Gasteiger charge is 2.30. The van der Waals surface area contributed by atoms with Gasteiger partial charge in [-0.2, -0.15) is 5.10 Å². The number of rotatable bonds is 6. The van der Waals surface area contributed by atoms with Gasteiger partial charge in [0.15, 0.2) is 5.69 Å². The van der Waals surface area contributed by atoms with Crippen LogP contribution >= 0.6 is 0 Å². The van der Waals surface area contributed by atoms with E-state index in [1.54, 1.807) is 10.7 Å². The first-order valence-electron chi connectivity index (χ1n) is 9.89. The number of hydrogen-bond donors (Lipinski definition) is 2. The maximum absolute atomic E-state index is 12.8. The van der Waals surface area contributed by atoms with E-state index in [1.165, 1.54) is 5.56 Å². The third-order valence-corrected chi connectivity index (χ3v) is 4.98. The van der Waals surface area contributed by atoms with Crippen LogP contribution in [0.4, 0.5) is 11.5 Å². The van der Waals surface area contributed by atoms with Gasteiger partial charge in [-0.3, -0.25) is 9.59 Å². The van der Waals surface area contributed by atoms with Gasteiger partial charge >= 0.3 is 0 Å². The van der Waals surface area contributed by atoms with Gasteiger partial charge in [0.05, 0.1) is 5.69 Å². The maximum atomic E-state index is 12.8. The third-order valence-electron chi connectivity index (χ3n) is 4.98. The van der Waals surface area contributed by atoms with Crippen LogP contribution in [0.1, 0.15) is 48.7 Å². The molecule has 1 aliphatic carbocycles. The van der Waals surface area contributed by atoms with Crippen LogP contribution in [0.25, 0.3) is 5.69 Å². The molecule has 0 radical (unpaired) electrons. The normalized spacial score (nSPS) is 13.3. The Labute approximate surface area is 169 Å². The zero-order valence-corrected chi connectivity index (χ0v) is 16.6. The number of carbonyl (C=O) groups excluding carboxylic acids is 2. The molecule has 6 heteroatoms. The van der Waals surface area contributed by atoms with Crippen LogP contribution in [-0.4, -0.2) is 21.6 Å². The quantitative estimate of drug-likeness (QED) is 0.648. The second-order valence-corrected chi connectivity index (χ2v) is 7.66. The van der Waals surface area contributed by atoms with Crippen LogP contribution in [0.5, 0.6) is 0 Å². The molecular weight excluding hydrogens is 364 g/mol. The zero-order chi connectivity index (χ0) is 20.4. The smallest absolute Gasteiger partial charge is 0.276 e. The van der Waals surface area contributed by atoms with E-state index >= 15 is 0 Å². The lowest BCUT2D eigenvalue weighted by Crippen LogP contribution is -2.16. The number of aromatic nitrogens is 2. The van der Waals surface area contributed by atoms with Crippen molar-refractivity contribution in [1.29, 1.82) is 0 Å². The minimum atomic E-state index is -0.320. The van der Waals surface area contributed by atoms with Gasteiger partial charge in [0, 0.05) is 17.7 Å². The summed E-state index contributed by atoms with van der Waals surface area (Å²) >= 11 is 0. The molecule has 3 aromatic rings. The number of carbonyl (C=O) groups is 2. The fourth-order valence-electron chi connectivity index (χ4n) is 3.07. The average molecular weight is 388 g/mol. The Bertz CT molecular complexity index is 1020. The summed E-state index contributed by atoms with van der Waals surface area (Å²) in [7, 11) is 0.